The van der Waals surface area contributed by atoms with Gasteiger partial charge in [0.05, 0.1) is 24.6 Å². The standard InChI is InChI=1S/C24H30N6O2S/c1-18-6-10-20(11-7-18)30-24(26-27-28-30)33-17-23(31)25-16-22(29-14-4-3-5-15-29)19-8-12-21(32-2)13-9-19/h6-13,22H,3-5,14-17H2,1-2H3,(H,25,31). The van der Waals surface area contributed by atoms with Gasteiger partial charge >= 0.3 is 0 Å². The molecule has 174 valence electrons. The molecule has 1 N–H and O–H groups in total. The minimum absolute atomic E-state index is 0.0334. The van der Waals surface area contributed by atoms with E-state index in [4.69, 9.17) is 4.74 Å². The summed E-state index contributed by atoms with van der Waals surface area (Å²) in [6.45, 7) is 4.69. The molecule has 8 nitrogen and oxygen atoms in total. The Bertz CT molecular complexity index is 1030. The molecule has 1 atom stereocenters. The summed E-state index contributed by atoms with van der Waals surface area (Å²) in [4.78, 5) is 15.2. The third-order valence-corrected chi connectivity index (χ3v) is 6.80. The lowest BCUT2D eigenvalue weighted by molar-refractivity contribution is -0.118. The fourth-order valence-electron chi connectivity index (χ4n) is 4.02. The molecule has 1 aliphatic heterocycles. The topological polar surface area (TPSA) is 85.2 Å². The summed E-state index contributed by atoms with van der Waals surface area (Å²) in [6.07, 6.45) is 3.65. The maximum Gasteiger partial charge on any atom is 0.230 e. The van der Waals surface area contributed by atoms with E-state index in [1.807, 2.05) is 43.3 Å². The van der Waals surface area contributed by atoms with Gasteiger partial charge in [0.25, 0.3) is 0 Å². The fraction of sp³-hybridized carbons (Fsp3) is 0.417. The Balaban J connectivity index is 1.37. The van der Waals surface area contributed by atoms with Crippen LogP contribution in [0.4, 0.5) is 0 Å². The molecule has 0 spiro atoms. The highest BCUT2D eigenvalue weighted by molar-refractivity contribution is 7.99. The number of aromatic nitrogens is 4. The van der Waals surface area contributed by atoms with Gasteiger partial charge < -0.3 is 10.1 Å². The van der Waals surface area contributed by atoms with Crippen molar-refractivity contribution < 1.29 is 9.53 Å². The zero-order valence-corrected chi connectivity index (χ0v) is 19.9. The lowest BCUT2D eigenvalue weighted by atomic mass is 10.0. The maximum absolute atomic E-state index is 12.7. The number of nitrogens with zero attached hydrogens (tertiary/aromatic N) is 5. The van der Waals surface area contributed by atoms with E-state index in [0.29, 0.717) is 11.7 Å². The summed E-state index contributed by atoms with van der Waals surface area (Å²) in [5, 5.41) is 15.7. The van der Waals surface area contributed by atoms with E-state index in [-0.39, 0.29) is 17.7 Å². The van der Waals surface area contributed by atoms with Crippen molar-refractivity contribution >= 4 is 17.7 Å². The van der Waals surface area contributed by atoms with Crippen LogP contribution in [0.2, 0.25) is 0 Å². The monoisotopic (exact) mass is 466 g/mol. The highest BCUT2D eigenvalue weighted by Gasteiger charge is 2.23. The summed E-state index contributed by atoms with van der Waals surface area (Å²) < 4.78 is 6.96. The molecule has 0 bridgehead atoms. The van der Waals surface area contributed by atoms with E-state index >= 15 is 0 Å². The van der Waals surface area contributed by atoms with Crippen LogP contribution in [-0.4, -0.2) is 63.5 Å². The number of amides is 1. The average molecular weight is 467 g/mol. The summed E-state index contributed by atoms with van der Waals surface area (Å²) in [5.74, 6) is 1.05. The number of nitrogens with one attached hydrogen (secondary N) is 1. The lowest BCUT2D eigenvalue weighted by Gasteiger charge is -2.35. The van der Waals surface area contributed by atoms with Crippen LogP contribution >= 0.6 is 11.8 Å². The van der Waals surface area contributed by atoms with Crippen molar-refractivity contribution in [2.24, 2.45) is 0 Å². The molecule has 1 fully saturated rings. The summed E-state index contributed by atoms with van der Waals surface area (Å²) in [5.41, 5.74) is 3.23. The highest BCUT2D eigenvalue weighted by atomic mass is 32.2. The van der Waals surface area contributed by atoms with Crippen LogP contribution in [0.1, 0.15) is 36.4 Å². The molecule has 2 aromatic carbocycles. The number of carbonyl (C=O) groups is 1. The van der Waals surface area contributed by atoms with Crippen molar-refractivity contribution in [3.63, 3.8) is 0 Å². The number of carbonyl (C=O) groups excluding carboxylic acids is 1. The van der Waals surface area contributed by atoms with Crippen LogP contribution in [0, 0.1) is 6.92 Å². The molecule has 9 heteroatoms. The van der Waals surface area contributed by atoms with Crippen LogP contribution < -0.4 is 10.1 Å². The second-order valence-corrected chi connectivity index (χ2v) is 9.13. The molecule has 1 aromatic heterocycles. The van der Waals surface area contributed by atoms with E-state index in [0.717, 1.165) is 24.5 Å². The minimum atomic E-state index is -0.0334. The molecule has 4 rings (SSSR count). The van der Waals surface area contributed by atoms with Gasteiger partial charge in [0.15, 0.2) is 0 Å². The molecule has 0 aliphatic carbocycles. The van der Waals surface area contributed by atoms with Crippen molar-refractivity contribution in [1.29, 1.82) is 0 Å². The van der Waals surface area contributed by atoms with E-state index < -0.39 is 0 Å². The number of ether oxygens (including phenoxy) is 1. The van der Waals surface area contributed by atoms with Gasteiger partial charge in [0, 0.05) is 6.54 Å². The maximum atomic E-state index is 12.7. The Morgan fingerprint density at radius 1 is 1.09 bits per heavy atom. The Morgan fingerprint density at radius 2 is 1.82 bits per heavy atom. The van der Waals surface area contributed by atoms with Crippen LogP contribution in [0.5, 0.6) is 5.75 Å². The largest absolute Gasteiger partial charge is 0.497 e. The molecule has 2 heterocycles. The zero-order valence-electron chi connectivity index (χ0n) is 19.1. The first-order valence-corrected chi connectivity index (χ1v) is 12.3. The van der Waals surface area contributed by atoms with Crippen LogP contribution in [0.3, 0.4) is 0 Å². The van der Waals surface area contributed by atoms with Crippen LogP contribution in [0.25, 0.3) is 5.69 Å². The Morgan fingerprint density at radius 3 is 2.52 bits per heavy atom. The Kier molecular flexibility index (Phi) is 7.96. The minimum Gasteiger partial charge on any atom is -0.497 e. The number of methoxy groups -OCH3 is 1. The SMILES string of the molecule is COc1ccc(C(CNC(=O)CSc2nnnn2-c2ccc(C)cc2)N2CCCCC2)cc1. The van der Waals surface area contributed by atoms with Gasteiger partial charge in [-0.3, -0.25) is 9.69 Å². The van der Waals surface area contributed by atoms with Crippen LogP contribution in [-0.2, 0) is 4.79 Å². The first-order chi connectivity index (χ1) is 16.1. The van der Waals surface area contributed by atoms with Gasteiger partial charge in [-0.25, -0.2) is 0 Å². The first kappa shape index (κ1) is 23.3. The van der Waals surface area contributed by atoms with Gasteiger partial charge in [0.2, 0.25) is 11.1 Å². The molecular weight excluding hydrogens is 436 g/mol. The second kappa shape index (κ2) is 11.3. The van der Waals surface area contributed by atoms with Crippen molar-refractivity contribution in [3.05, 3.63) is 59.7 Å². The van der Waals surface area contributed by atoms with Crippen molar-refractivity contribution in [1.82, 2.24) is 30.4 Å². The van der Waals surface area contributed by atoms with Gasteiger partial charge in [-0.15, -0.1) is 5.10 Å². The van der Waals surface area contributed by atoms with E-state index in [9.17, 15) is 4.79 Å². The van der Waals surface area contributed by atoms with Crippen molar-refractivity contribution in [2.75, 3.05) is 32.5 Å². The predicted octanol–water partition coefficient (Wildman–Crippen LogP) is 3.41. The molecule has 1 amide bonds. The van der Waals surface area contributed by atoms with Gasteiger partial charge in [-0.05, 0) is 73.1 Å². The number of benzene rings is 2. The third kappa shape index (κ3) is 6.11. The lowest BCUT2D eigenvalue weighted by Crippen LogP contribution is -2.41. The molecule has 1 saturated heterocycles. The number of hydrogen-bond acceptors (Lipinski definition) is 7. The molecule has 33 heavy (non-hydrogen) atoms. The number of thioether (sulfide) groups is 1. The molecule has 1 unspecified atom stereocenters. The van der Waals surface area contributed by atoms with Crippen molar-refractivity contribution in [2.45, 2.75) is 37.4 Å². The molecule has 0 saturated carbocycles. The van der Waals surface area contributed by atoms with E-state index in [1.165, 1.54) is 42.2 Å². The van der Waals surface area contributed by atoms with Crippen LogP contribution in [0.15, 0.2) is 53.7 Å². The van der Waals surface area contributed by atoms with Gasteiger partial charge in [-0.1, -0.05) is 48.0 Å². The zero-order chi connectivity index (χ0) is 23.0. The molecular formula is C24H30N6O2S. The normalized spacial score (nSPS) is 15.2. The summed E-state index contributed by atoms with van der Waals surface area (Å²) >= 11 is 1.33. The first-order valence-electron chi connectivity index (χ1n) is 11.3. The third-order valence-electron chi connectivity index (χ3n) is 5.88. The quantitative estimate of drug-likeness (QED) is 0.484. The number of hydrogen-bond donors (Lipinski definition) is 1. The predicted molar refractivity (Wildman–Crippen MR) is 129 cm³/mol. The van der Waals surface area contributed by atoms with E-state index in [2.05, 4.69) is 37.9 Å². The van der Waals surface area contributed by atoms with Gasteiger partial charge in [0.1, 0.15) is 5.75 Å². The molecule has 3 aromatic rings. The Hall–Kier alpha value is -2.91. The molecule has 0 radical (unpaired) electrons. The highest BCUT2D eigenvalue weighted by Crippen LogP contribution is 2.26. The summed E-state index contributed by atoms with van der Waals surface area (Å²) in [6, 6.07) is 16.2. The molecule has 1 aliphatic rings. The number of likely N-dealkylation sites (tertiary alicyclic amines) is 1. The second-order valence-electron chi connectivity index (χ2n) is 8.19. The number of piperidine rings is 1. The summed E-state index contributed by atoms with van der Waals surface area (Å²) in [7, 11) is 1.67. The average Bonchev–Trinajstić information content (AvgIpc) is 3.33. The van der Waals surface area contributed by atoms with Gasteiger partial charge in [-0.2, -0.15) is 4.68 Å². The smallest absolute Gasteiger partial charge is 0.230 e. The number of aryl methyl sites for hydroxylation is 1. The Labute approximate surface area is 198 Å². The number of rotatable bonds is 9. The van der Waals surface area contributed by atoms with E-state index in [1.54, 1.807) is 11.8 Å². The van der Waals surface area contributed by atoms with Crippen molar-refractivity contribution in [3.8, 4) is 11.4 Å². The fourth-order valence-corrected chi connectivity index (χ4v) is 4.74. The number of tetrazole rings is 1.